The minimum Gasteiger partial charge on any atom is -0.467 e. The molecule has 1 amide bonds. The number of benzene rings is 1. The highest BCUT2D eigenvalue weighted by Gasteiger charge is 2.19. The lowest BCUT2D eigenvalue weighted by Crippen LogP contribution is -2.38. The zero-order chi connectivity index (χ0) is 17.9. The molecule has 2 aromatic heterocycles. The number of hydrogen-bond acceptors (Lipinski definition) is 5. The van der Waals surface area contributed by atoms with Gasteiger partial charge >= 0.3 is 0 Å². The fourth-order valence-electron chi connectivity index (χ4n) is 3.16. The maximum Gasteiger partial charge on any atom is 0.260 e. The molecule has 0 aliphatic carbocycles. The van der Waals surface area contributed by atoms with E-state index in [0.29, 0.717) is 10.9 Å². The summed E-state index contributed by atoms with van der Waals surface area (Å²) in [5.41, 5.74) is 2.00. The Hall–Kier alpha value is -2.18. The lowest BCUT2D eigenvalue weighted by molar-refractivity contribution is -0.134. The number of hydrogen-bond donors (Lipinski definition) is 0. The van der Waals surface area contributed by atoms with E-state index in [1.165, 1.54) is 24.1 Å². The van der Waals surface area contributed by atoms with Gasteiger partial charge in [0.05, 0.1) is 5.39 Å². The van der Waals surface area contributed by atoms with E-state index in [2.05, 4.69) is 9.97 Å². The van der Waals surface area contributed by atoms with Gasteiger partial charge in [-0.15, -0.1) is 11.3 Å². The van der Waals surface area contributed by atoms with Gasteiger partial charge in [0.25, 0.3) is 5.91 Å². The summed E-state index contributed by atoms with van der Waals surface area (Å²) in [5, 5.41) is 3.56. The Morgan fingerprint density at radius 3 is 2.69 bits per heavy atom. The van der Waals surface area contributed by atoms with E-state index >= 15 is 0 Å². The maximum atomic E-state index is 12.4. The van der Waals surface area contributed by atoms with Gasteiger partial charge in [-0.1, -0.05) is 23.7 Å². The van der Waals surface area contributed by atoms with Crippen molar-refractivity contribution in [2.24, 2.45) is 0 Å². The van der Waals surface area contributed by atoms with Crippen LogP contribution in [-0.4, -0.2) is 40.5 Å². The van der Waals surface area contributed by atoms with Crippen molar-refractivity contribution in [2.45, 2.75) is 19.3 Å². The Bertz CT molecular complexity index is 920. The molecule has 0 bridgehead atoms. The number of carbonyl (C=O) groups is 1. The number of aromatic nitrogens is 2. The Labute approximate surface area is 160 Å². The number of rotatable bonds is 4. The zero-order valence-electron chi connectivity index (χ0n) is 14.2. The molecule has 3 heterocycles. The molecule has 1 aliphatic rings. The Balaban J connectivity index is 1.59. The summed E-state index contributed by atoms with van der Waals surface area (Å²) in [6.45, 7) is 1.63. The quantitative estimate of drug-likeness (QED) is 0.665. The molecule has 4 rings (SSSR count). The van der Waals surface area contributed by atoms with Crippen LogP contribution in [0.15, 0.2) is 36.0 Å². The summed E-state index contributed by atoms with van der Waals surface area (Å²) in [5.74, 6) is 0.464. The van der Waals surface area contributed by atoms with Crippen LogP contribution in [0.1, 0.15) is 19.3 Å². The molecule has 1 aromatic carbocycles. The first-order valence-electron chi connectivity index (χ1n) is 8.61. The maximum absolute atomic E-state index is 12.4. The molecule has 0 saturated carbocycles. The highest BCUT2D eigenvalue weighted by molar-refractivity contribution is 7.17. The fourth-order valence-corrected chi connectivity index (χ4v) is 4.20. The van der Waals surface area contributed by atoms with Gasteiger partial charge < -0.3 is 9.64 Å². The summed E-state index contributed by atoms with van der Waals surface area (Å²) < 4.78 is 5.82. The molecule has 5 nitrogen and oxygen atoms in total. The molecule has 134 valence electrons. The van der Waals surface area contributed by atoms with Crippen LogP contribution in [0.3, 0.4) is 0 Å². The third-order valence-electron chi connectivity index (χ3n) is 4.53. The van der Waals surface area contributed by atoms with Crippen LogP contribution in [0.25, 0.3) is 21.3 Å². The molecule has 0 radical (unpaired) electrons. The van der Waals surface area contributed by atoms with Crippen LogP contribution in [0.5, 0.6) is 5.88 Å². The van der Waals surface area contributed by atoms with Gasteiger partial charge in [-0.05, 0) is 37.0 Å². The molecule has 26 heavy (non-hydrogen) atoms. The van der Waals surface area contributed by atoms with Gasteiger partial charge in [-0.25, -0.2) is 9.97 Å². The molecule has 0 N–H and O–H groups in total. The molecule has 7 heteroatoms. The highest BCUT2D eigenvalue weighted by Crippen LogP contribution is 2.37. The average Bonchev–Trinajstić information content (AvgIpc) is 3.12. The largest absolute Gasteiger partial charge is 0.467 e. The number of piperidine rings is 1. The predicted molar refractivity (Wildman–Crippen MR) is 104 cm³/mol. The lowest BCUT2D eigenvalue weighted by atomic mass is 10.1. The van der Waals surface area contributed by atoms with E-state index in [0.717, 1.165) is 47.3 Å². The van der Waals surface area contributed by atoms with Crippen molar-refractivity contribution < 1.29 is 9.53 Å². The SMILES string of the molecule is O=C(COc1ncnc2scc(-c3ccc(Cl)cc3)c12)N1CCCCC1. The van der Waals surface area contributed by atoms with Crippen LogP contribution in [0.2, 0.25) is 5.02 Å². The number of ether oxygens (including phenoxy) is 1. The number of halogens is 1. The third-order valence-corrected chi connectivity index (χ3v) is 5.67. The minimum absolute atomic E-state index is 0.00200. The molecule has 1 aliphatic heterocycles. The molecular formula is C19H18ClN3O2S. The van der Waals surface area contributed by atoms with E-state index in [4.69, 9.17) is 16.3 Å². The van der Waals surface area contributed by atoms with Crippen molar-refractivity contribution in [1.29, 1.82) is 0 Å². The number of nitrogens with zero attached hydrogens (tertiary/aromatic N) is 3. The number of amides is 1. The Morgan fingerprint density at radius 2 is 1.92 bits per heavy atom. The smallest absolute Gasteiger partial charge is 0.260 e. The predicted octanol–water partition coefficient (Wildman–Crippen LogP) is 4.40. The summed E-state index contributed by atoms with van der Waals surface area (Å²) in [4.78, 5) is 23.7. The van der Waals surface area contributed by atoms with Crippen LogP contribution < -0.4 is 4.74 Å². The van der Waals surface area contributed by atoms with Crippen LogP contribution >= 0.6 is 22.9 Å². The van der Waals surface area contributed by atoms with E-state index in [1.807, 2.05) is 34.5 Å². The van der Waals surface area contributed by atoms with Crippen LogP contribution in [0, 0.1) is 0 Å². The average molecular weight is 388 g/mol. The highest BCUT2D eigenvalue weighted by atomic mass is 35.5. The second kappa shape index (κ2) is 7.60. The van der Waals surface area contributed by atoms with Crippen LogP contribution in [0.4, 0.5) is 0 Å². The molecule has 0 spiro atoms. The number of likely N-dealkylation sites (tertiary alicyclic amines) is 1. The summed E-state index contributed by atoms with van der Waals surface area (Å²) >= 11 is 7.52. The van der Waals surface area contributed by atoms with Crippen molar-refractivity contribution in [1.82, 2.24) is 14.9 Å². The molecule has 1 fully saturated rings. The van der Waals surface area contributed by atoms with Crippen molar-refractivity contribution in [3.8, 4) is 17.0 Å². The monoisotopic (exact) mass is 387 g/mol. The Kier molecular flexibility index (Phi) is 5.04. The fraction of sp³-hybridized carbons (Fsp3) is 0.316. The van der Waals surface area contributed by atoms with Gasteiger partial charge in [0.15, 0.2) is 6.61 Å². The van der Waals surface area contributed by atoms with Gasteiger partial charge in [0.1, 0.15) is 11.2 Å². The summed E-state index contributed by atoms with van der Waals surface area (Å²) in [6.07, 6.45) is 4.80. The van der Waals surface area contributed by atoms with Crippen molar-refractivity contribution >= 4 is 39.1 Å². The summed E-state index contributed by atoms with van der Waals surface area (Å²) in [7, 11) is 0. The number of thiophene rings is 1. The van der Waals surface area contributed by atoms with Gasteiger partial charge in [0, 0.05) is 29.1 Å². The van der Waals surface area contributed by atoms with E-state index in [-0.39, 0.29) is 12.5 Å². The van der Waals surface area contributed by atoms with Crippen LogP contribution in [-0.2, 0) is 4.79 Å². The molecule has 0 atom stereocenters. The number of fused-ring (bicyclic) bond motifs is 1. The Morgan fingerprint density at radius 1 is 1.15 bits per heavy atom. The third kappa shape index (κ3) is 3.52. The standard InChI is InChI=1S/C19H18ClN3O2S/c20-14-6-4-13(5-7-14)15-11-26-19-17(15)18(21-12-22-19)25-10-16(24)23-8-2-1-3-9-23/h4-7,11-12H,1-3,8-10H2. The lowest BCUT2D eigenvalue weighted by Gasteiger charge is -2.26. The topological polar surface area (TPSA) is 55.3 Å². The molecular weight excluding hydrogens is 370 g/mol. The van der Waals surface area contributed by atoms with E-state index < -0.39 is 0 Å². The molecule has 1 saturated heterocycles. The molecule has 0 unspecified atom stereocenters. The summed E-state index contributed by atoms with van der Waals surface area (Å²) in [6, 6.07) is 7.62. The first kappa shape index (κ1) is 17.2. The minimum atomic E-state index is 0.00200. The normalized spacial score (nSPS) is 14.6. The first-order chi connectivity index (χ1) is 12.7. The van der Waals surface area contributed by atoms with Crippen molar-refractivity contribution in [2.75, 3.05) is 19.7 Å². The van der Waals surface area contributed by atoms with E-state index in [1.54, 1.807) is 0 Å². The van der Waals surface area contributed by atoms with Gasteiger partial charge in [-0.3, -0.25) is 4.79 Å². The van der Waals surface area contributed by atoms with Crippen molar-refractivity contribution in [3.63, 3.8) is 0 Å². The second-order valence-corrected chi connectivity index (χ2v) is 7.54. The van der Waals surface area contributed by atoms with Gasteiger partial charge in [0.2, 0.25) is 5.88 Å². The first-order valence-corrected chi connectivity index (χ1v) is 9.87. The second-order valence-electron chi connectivity index (χ2n) is 6.25. The van der Waals surface area contributed by atoms with Gasteiger partial charge in [-0.2, -0.15) is 0 Å². The zero-order valence-corrected chi connectivity index (χ0v) is 15.7. The molecule has 3 aromatic rings. The van der Waals surface area contributed by atoms with Crippen molar-refractivity contribution in [3.05, 3.63) is 41.0 Å². The van der Waals surface area contributed by atoms with E-state index in [9.17, 15) is 4.79 Å². The number of carbonyl (C=O) groups excluding carboxylic acids is 1.